The zero-order valence-corrected chi connectivity index (χ0v) is 11.9. The smallest absolute Gasteiger partial charge is 0.170 e. The van der Waals surface area contributed by atoms with Crippen molar-refractivity contribution in [3.63, 3.8) is 0 Å². The second kappa shape index (κ2) is 5.10. The Bertz CT molecular complexity index is 482. The highest BCUT2D eigenvalue weighted by Crippen LogP contribution is 2.29. The Labute approximate surface area is 114 Å². The van der Waals surface area contributed by atoms with E-state index in [1.807, 2.05) is 20.8 Å². The quantitative estimate of drug-likeness (QED) is 0.785. The van der Waals surface area contributed by atoms with Crippen LogP contribution in [-0.2, 0) is 5.54 Å². The van der Waals surface area contributed by atoms with Crippen LogP contribution >= 0.6 is 0 Å². The van der Waals surface area contributed by atoms with Crippen molar-refractivity contribution >= 4 is 11.6 Å². The van der Waals surface area contributed by atoms with Crippen molar-refractivity contribution in [2.75, 3.05) is 36.8 Å². The van der Waals surface area contributed by atoms with Gasteiger partial charge in [0.15, 0.2) is 5.82 Å². The molecule has 19 heavy (non-hydrogen) atoms. The lowest BCUT2D eigenvalue weighted by Crippen LogP contribution is -2.29. The van der Waals surface area contributed by atoms with Crippen LogP contribution in [0.15, 0.2) is 0 Å². The average molecular weight is 262 g/mol. The molecule has 0 unspecified atom stereocenters. The van der Waals surface area contributed by atoms with Gasteiger partial charge in [-0.25, -0.2) is 4.68 Å². The van der Waals surface area contributed by atoms with Gasteiger partial charge in [-0.1, -0.05) is 0 Å². The van der Waals surface area contributed by atoms with Crippen molar-refractivity contribution in [1.82, 2.24) is 15.1 Å². The Balaban J connectivity index is 2.42. The molecule has 2 rings (SSSR count). The minimum Gasteiger partial charge on any atom is -0.383 e. The first-order valence-electron chi connectivity index (χ1n) is 6.70. The van der Waals surface area contributed by atoms with Crippen LogP contribution in [0.4, 0.5) is 11.6 Å². The van der Waals surface area contributed by atoms with Gasteiger partial charge in [0.05, 0.1) is 5.54 Å². The molecule has 1 fully saturated rings. The van der Waals surface area contributed by atoms with Gasteiger partial charge in [-0.2, -0.15) is 10.4 Å². The lowest BCUT2D eigenvalue weighted by molar-refractivity contribution is 0.361. The maximum Gasteiger partial charge on any atom is 0.170 e. The molecule has 1 aromatic rings. The third-order valence-electron chi connectivity index (χ3n) is 3.29. The molecule has 1 saturated heterocycles. The van der Waals surface area contributed by atoms with Crippen LogP contribution < -0.4 is 16.0 Å². The number of nitrogen functional groups attached to an aromatic ring is 1. The van der Waals surface area contributed by atoms with Gasteiger partial charge in [0.2, 0.25) is 0 Å². The molecule has 1 aliphatic heterocycles. The van der Waals surface area contributed by atoms with Gasteiger partial charge in [-0.05, 0) is 33.7 Å². The molecule has 0 saturated carbocycles. The predicted octanol–water partition coefficient (Wildman–Crippen LogP) is 0.892. The molecule has 6 heteroatoms. The van der Waals surface area contributed by atoms with Gasteiger partial charge in [0.1, 0.15) is 17.5 Å². The Morgan fingerprint density at radius 1 is 1.32 bits per heavy atom. The number of nitrogens with one attached hydrogen (secondary N) is 1. The van der Waals surface area contributed by atoms with E-state index >= 15 is 0 Å². The van der Waals surface area contributed by atoms with E-state index < -0.39 is 0 Å². The molecule has 0 aromatic carbocycles. The Morgan fingerprint density at radius 3 is 2.68 bits per heavy atom. The molecule has 1 aromatic heterocycles. The van der Waals surface area contributed by atoms with Crippen LogP contribution in [0, 0.1) is 11.3 Å². The summed E-state index contributed by atoms with van der Waals surface area (Å²) in [6, 6.07) is 2.20. The lowest BCUT2D eigenvalue weighted by atomic mass is 10.1. The number of hydrogen-bond donors (Lipinski definition) is 2. The third kappa shape index (κ3) is 2.66. The van der Waals surface area contributed by atoms with E-state index in [-0.39, 0.29) is 5.54 Å². The van der Waals surface area contributed by atoms with E-state index in [2.05, 4.69) is 21.4 Å². The number of nitrogens with two attached hydrogens (primary N) is 1. The SMILES string of the molecule is CC(C)(C)n1nc(N2CCCNCC2)c(C#N)c1N. The highest BCUT2D eigenvalue weighted by Gasteiger charge is 2.26. The van der Waals surface area contributed by atoms with Crippen LogP contribution in [0.5, 0.6) is 0 Å². The zero-order chi connectivity index (χ0) is 14.0. The minimum absolute atomic E-state index is 0.224. The van der Waals surface area contributed by atoms with Crippen LogP contribution in [0.2, 0.25) is 0 Å². The van der Waals surface area contributed by atoms with Crippen LogP contribution in [0.1, 0.15) is 32.8 Å². The highest BCUT2D eigenvalue weighted by atomic mass is 15.4. The van der Waals surface area contributed by atoms with Crippen molar-refractivity contribution in [3.8, 4) is 6.07 Å². The lowest BCUT2D eigenvalue weighted by Gasteiger charge is -2.22. The monoisotopic (exact) mass is 262 g/mol. The fourth-order valence-corrected chi connectivity index (χ4v) is 2.32. The number of anilines is 2. The van der Waals surface area contributed by atoms with E-state index in [0.29, 0.717) is 11.4 Å². The van der Waals surface area contributed by atoms with Crippen molar-refractivity contribution in [1.29, 1.82) is 5.26 Å². The summed E-state index contributed by atoms with van der Waals surface area (Å²) in [7, 11) is 0. The summed E-state index contributed by atoms with van der Waals surface area (Å²) in [6.45, 7) is 9.78. The van der Waals surface area contributed by atoms with Crippen molar-refractivity contribution < 1.29 is 0 Å². The van der Waals surface area contributed by atoms with E-state index in [0.717, 1.165) is 38.4 Å². The summed E-state index contributed by atoms with van der Waals surface area (Å²) < 4.78 is 1.75. The molecule has 0 radical (unpaired) electrons. The summed E-state index contributed by atoms with van der Waals surface area (Å²) in [4.78, 5) is 2.15. The molecule has 3 N–H and O–H groups in total. The number of hydrogen-bond acceptors (Lipinski definition) is 5. The van der Waals surface area contributed by atoms with Gasteiger partial charge < -0.3 is 16.0 Å². The topological polar surface area (TPSA) is 82.9 Å². The normalized spacial score (nSPS) is 17.1. The maximum absolute atomic E-state index is 9.35. The number of aromatic nitrogens is 2. The predicted molar refractivity (Wildman–Crippen MR) is 76.1 cm³/mol. The molecule has 2 heterocycles. The number of nitriles is 1. The van der Waals surface area contributed by atoms with Crippen LogP contribution in [-0.4, -0.2) is 36.0 Å². The van der Waals surface area contributed by atoms with E-state index in [1.165, 1.54) is 0 Å². The molecule has 104 valence electrons. The third-order valence-corrected chi connectivity index (χ3v) is 3.29. The Hall–Kier alpha value is -1.74. The number of nitrogens with zero attached hydrogens (tertiary/aromatic N) is 4. The molecule has 0 spiro atoms. The second-order valence-electron chi connectivity index (χ2n) is 5.87. The molecule has 0 atom stereocenters. The fraction of sp³-hybridized carbons (Fsp3) is 0.692. The minimum atomic E-state index is -0.224. The molecule has 0 amide bonds. The van der Waals surface area contributed by atoms with Gasteiger partial charge in [0, 0.05) is 19.6 Å². The highest BCUT2D eigenvalue weighted by molar-refractivity contribution is 5.65. The summed E-state index contributed by atoms with van der Waals surface area (Å²) in [5, 5.41) is 17.3. The van der Waals surface area contributed by atoms with Crippen molar-refractivity contribution in [2.45, 2.75) is 32.7 Å². The standard InChI is InChI=1S/C13H22N6/c1-13(2,3)19-11(15)10(9-14)12(17-19)18-7-4-5-16-6-8-18/h16H,4-8,15H2,1-3H3. The Kier molecular flexibility index (Phi) is 3.67. The molecule has 0 aliphatic carbocycles. The first-order chi connectivity index (χ1) is 8.95. The summed E-state index contributed by atoms with van der Waals surface area (Å²) >= 11 is 0. The van der Waals surface area contributed by atoms with Gasteiger partial charge in [0.25, 0.3) is 0 Å². The summed E-state index contributed by atoms with van der Waals surface area (Å²) in [5.74, 6) is 1.18. The van der Waals surface area contributed by atoms with Crippen molar-refractivity contribution in [3.05, 3.63) is 5.56 Å². The van der Waals surface area contributed by atoms with Gasteiger partial charge >= 0.3 is 0 Å². The second-order valence-corrected chi connectivity index (χ2v) is 5.87. The molecule has 1 aliphatic rings. The van der Waals surface area contributed by atoms with Crippen LogP contribution in [0.3, 0.4) is 0 Å². The summed E-state index contributed by atoms with van der Waals surface area (Å²) in [5.41, 5.74) is 6.36. The Morgan fingerprint density at radius 2 is 2.05 bits per heavy atom. The molecule has 6 nitrogen and oxygen atoms in total. The van der Waals surface area contributed by atoms with Crippen molar-refractivity contribution in [2.24, 2.45) is 0 Å². The molecular formula is C13H22N6. The maximum atomic E-state index is 9.35. The first-order valence-corrected chi connectivity index (χ1v) is 6.70. The largest absolute Gasteiger partial charge is 0.383 e. The molecule has 0 bridgehead atoms. The first kappa shape index (κ1) is 13.7. The number of rotatable bonds is 1. The summed E-state index contributed by atoms with van der Waals surface area (Å²) in [6.07, 6.45) is 1.05. The fourth-order valence-electron chi connectivity index (χ4n) is 2.32. The molecular weight excluding hydrogens is 240 g/mol. The van der Waals surface area contributed by atoms with E-state index in [4.69, 9.17) is 5.73 Å². The van der Waals surface area contributed by atoms with Gasteiger partial charge in [-0.15, -0.1) is 0 Å². The van der Waals surface area contributed by atoms with Gasteiger partial charge in [-0.3, -0.25) is 0 Å². The van der Waals surface area contributed by atoms with Crippen LogP contribution in [0.25, 0.3) is 0 Å². The average Bonchev–Trinajstić information content (AvgIpc) is 2.53. The van der Waals surface area contributed by atoms with E-state index in [1.54, 1.807) is 4.68 Å². The zero-order valence-electron chi connectivity index (χ0n) is 11.9. The van der Waals surface area contributed by atoms with E-state index in [9.17, 15) is 5.26 Å².